The molecule has 0 saturated heterocycles. The van der Waals surface area contributed by atoms with E-state index in [9.17, 15) is 8.42 Å². The van der Waals surface area contributed by atoms with E-state index in [2.05, 4.69) is 19.9 Å². The lowest BCUT2D eigenvalue weighted by Gasteiger charge is -2.31. The van der Waals surface area contributed by atoms with Gasteiger partial charge >= 0.3 is 0 Å². The first-order valence-electron chi connectivity index (χ1n) is 3.92. The minimum absolute atomic E-state index is 0.0347. The average molecular weight is 266 g/mol. The van der Waals surface area contributed by atoms with Crippen LogP contribution >= 0.6 is 16.1 Å². The first-order valence-corrected chi connectivity index (χ1v) is 6.19. The summed E-state index contributed by atoms with van der Waals surface area (Å²) in [5, 5.41) is 0. The van der Waals surface area contributed by atoms with Crippen LogP contribution in [0.5, 0.6) is 0 Å². The van der Waals surface area contributed by atoms with Crippen LogP contribution in [0.2, 0.25) is 0 Å². The second-order valence-electron chi connectivity index (χ2n) is 3.30. The number of rotatable bonds is 2. The summed E-state index contributed by atoms with van der Waals surface area (Å²) in [5.41, 5.74) is 0. The Morgan fingerprint density at radius 3 is 2.54 bits per heavy atom. The van der Waals surface area contributed by atoms with Crippen LogP contribution in [0, 0.1) is 5.92 Å². The standard InChI is InChI=1S/C8H12BrNO2S/c1-7-5-3-4-6-8(7,2)13(11,12)10-9/h3-7,10H,1-2H3. The maximum absolute atomic E-state index is 11.6. The van der Waals surface area contributed by atoms with E-state index in [1.54, 1.807) is 19.1 Å². The van der Waals surface area contributed by atoms with E-state index in [4.69, 9.17) is 0 Å². The third-order valence-corrected chi connectivity index (χ3v) is 5.67. The Bertz CT molecular complexity index is 347. The minimum atomic E-state index is -3.34. The summed E-state index contributed by atoms with van der Waals surface area (Å²) in [4.78, 5) is 0. The fourth-order valence-corrected chi connectivity index (χ4v) is 3.28. The SMILES string of the molecule is CC1C=CC=CC1(C)S(=O)(=O)NBr. The highest BCUT2D eigenvalue weighted by Crippen LogP contribution is 2.31. The highest BCUT2D eigenvalue weighted by Gasteiger charge is 2.41. The molecule has 0 aromatic heterocycles. The van der Waals surface area contributed by atoms with E-state index in [0.717, 1.165) is 0 Å². The average Bonchev–Trinajstić information content (AvgIpc) is 2.10. The fraction of sp³-hybridized carbons (Fsp3) is 0.500. The largest absolute Gasteiger partial charge is 0.230 e. The Balaban J connectivity index is 3.15. The highest BCUT2D eigenvalue weighted by atomic mass is 79.9. The first kappa shape index (κ1) is 10.9. The van der Waals surface area contributed by atoms with Crippen molar-refractivity contribution in [1.82, 2.24) is 3.75 Å². The predicted molar refractivity (Wildman–Crippen MR) is 56.8 cm³/mol. The molecule has 0 radical (unpaired) electrons. The van der Waals surface area contributed by atoms with Crippen molar-refractivity contribution in [1.29, 1.82) is 0 Å². The van der Waals surface area contributed by atoms with Gasteiger partial charge in [-0.2, -0.15) is 0 Å². The van der Waals surface area contributed by atoms with Gasteiger partial charge in [-0.05, 0) is 12.8 Å². The number of allylic oxidation sites excluding steroid dienone is 3. The van der Waals surface area contributed by atoms with Gasteiger partial charge in [0.25, 0.3) is 0 Å². The van der Waals surface area contributed by atoms with Crippen LogP contribution in [-0.2, 0) is 10.0 Å². The van der Waals surface area contributed by atoms with Gasteiger partial charge < -0.3 is 0 Å². The van der Waals surface area contributed by atoms with Crippen molar-refractivity contribution in [2.24, 2.45) is 5.92 Å². The van der Waals surface area contributed by atoms with Gasteiger partial charge in [-0.3, -0.25) is 0 Å². The van der Waals surface area contributed by atoms with Gasteiger partial charge in [0.15, 0.2) is 0 Å². The lowest BCUT2D eigenvalue weighted by atomic mass is 9.91. The van der Waals surface area contributed by atoms with Crippen molar-refractivity contribution >= 4 is 26.2 Å². The second-order valence-corrected chi connectivity index (χ2v) is 6.31. The van der Waals surface area contributed by atoms with Gasteiger partial charge in [0, 0.05) is 16.1 Å². The van der Waals surface area contributed by atoms with Crippen molar-refractivity contribution in [2.45, 2.75) is 18.6 Å². The Kier molecular flexibility index (Phi) is 2.99. The molecule has 2 unspecified atom stereocenters. The summed E-state index contributed by atoms with van der Waals surface area (Å²) in [7, 11) is -3.34. The number of halogens is 1. The summed E-state index contributed by atoms with van der Waals surface area (Å²) < 4.78 is 24.6. The Hall–Kier alpha value is -0.130. The molecule has 1 aliphatic carbocycles. The Morgan fingerprint density at radius 2 is 2.08 bits per heavy atom. The molecule has 5 heteroatoms. The summed E-state index contributed by atoms with van der Waals surface area (Å²) in [6.07, 6.45) is 7.18. The maximum atomic E-state index is 11.6. The molecule has 2 atom stereocenters. The third kappa shape index (κ3) is 1.73. The molecule has 1 N–H and O–H groups in total. The van der Waals surface area contributed by atoms with Crippen LogP contribution < -0.4 is 3.75 Å². The molecule has 74 valence electrons. The van der Waals surface area contributed by atoms with Gasteiger partial charge in [0.1, 0.15) is 4.75 Å². The van der Waals surface area contributed by atoms with Crippen LogP contribution in [0.15, 0.2) is 24.3 Å². The van der Waals surface area contributed by atoms with Crippen molar-refractivity contribution in [3.63, 3.8) is 0 Å². The summed E-state index contributed by atoms with van der Waals surface area (Å²) in [5.74, 6) is -0.0347. The molecular formula is C8H12BrNO2S. The van der Waals surface area contributed by atoms with Crippen LogP contribution in [0.4, 0.5) is 0 Å². The van der Waals surface area contributed by atoms with E-state index >= 15 is 0 Å². The van der Waals surface area contributed by atoms with E-state index in [-0.39, 0.29) is 5.92 Å². The van der Waals surface area contributed by atoms with E-state index in [1.807, 2.05) is 19.1 Å². The molecule has 0 aromatic carbocycles. The molecule has 13 heavy (non-hydrogen) atoms. The molecule has 0 spiro atoms. The van der Waals surface area contributed by atoms with Crippen LogP contribution in [0.1, 0.15) is 13.8 Å². The monoisotopic (exact) mass is 265 g/mol. The molecule has 0 fully saturated rings. The van der Waals surface area contributed by atoms with Gasteiger partial charge in [0.2, 0.25) is 10.0 Å². The van der Waals surface area contributed by atoms with Crippen molar-refractivity contribution < 1.29 is 8.42 Å². The molecule has 3 nitrogen and oxygen atoms in total. The number of hydrogen-bond acceptors (Lipinski definition) is 2. The van der Waals surface area contributed by atoms with Crippen molar-refractivity contribution in [3.8, 4) is 0 Å². The van der Waals surface area contributed by atoms with E-state index in [1.165, 1.54) is 0 Å². The summed E-state index contributed by atoms with van der Waals surface area (Å²) in [6, 6.07) is 0. The maximum Gasteiger partial charge on any atom is 0.230 e. The number of sulfonamides is 1. The molecule has 0 aromatic rings. The molecule has 0 amide bonds. The molecule has 1 aliphatic rings. The van der Waals surface area contributed by atoms with E-state index < -0.39 is 14.8 Å². The van der Waals surface area contributed by atoms with Gasteiger partial charge in [0.05, 0.1) is 0 Å². The zero-order valence-corrected chi connectivity index (χ0v) is 9.89. The predicted octanol–water partition coefficient (Wildman–Crippen LogP) is 1.74. The Labute approximate surface area is 87.3 Å². The van der Waals surface area contributed by atoms with Crippen LogP contribution in [0.25, 0.3) is 0 Å². The molecule has 1 rings (SSSR count). The molecule has 0 bridgehead atoms. The lowest BCUT2D eigenvalue weighted by Crippen LogP contribution is -2.44. The summed E-state index contributed by atoms with van der Waals surface area (Å²) >= 11 is 2.77. The molecule has 0 saturated carbocycles. The smallest absolute Gasteiger partial charge is 0.211 e. The molecular weight excluding hydrogens is 254 g/mol. The van der Waals surface area contributed by atoms with Gasteiger partial charge in [-0.15, -0.1) is 3.75 Å². The highest BCUT2D eigenvalue weighted by molar-refractivity contribution is 9.09. The van der Waals surface area contributed by atoms with Crippen molar-refractivity contribution in [2.75, 3.05) is 0 Å². The summed E-state index contributed by atoms with van der Waals surface area (Å²) in [6.45, 7) is 3.57. The fourth-order valence-electron chi connectivity index (χ4n) is 1.24. The normalized spacial score (nSPS) is 33.6. The lowest BCUT2D eigenvalue weighted by molar-refractivity contribution is 0.512. The van der Waals surface area contributed by atoms with E-state index in [0.29, 0.717) is 0 Å². The third-order valence-electron chi connectivity index (χ3n) is 2.52. The van der Waals surface area contributed by atoms with Crippen molar-refractivity contribution in [3.05, 3.63) is 24.3 Å². The quantitative estimate of drug-likeness (QED) is 0.774. The topological polar surface area (TPSA) is 46.2 Å². The van der Waals surface area contributed by atoms with Gasteiger partial charge in [-0.1, -0.05) is 31.2 Å². The number of nitrogens with one attached hydrogen (secondary N) is 1. The van der Waals surface area contributed by atoms with Gasteiger partial charge in [-0.25, -0.2) is 8.42 Å². The Morgan fingerprint density at radius 1 is 1.46 bits per heavy atom. The number of hydrogen-bond donors (Lipinski definition) is 1. The van der Waals surface area contributed by atoms with Crippen LogP contribution in [0.3, 0.4) is 0 Å². The minimum Gasteiger partial charge on any atom is -0.211 e. The van der Waals surface area contributed by atoms with Crippen LogP contribution in [-0.4, -0.2) is 13.2 Å². The first-order chi connectivity index (χ1) is 5.94. The zero-order valence-electron chi connectivity index (χ0n) is 7.49. The molecule has 0 heterocycles. The second kappa shape index (κ2) is 3.55. The molecule has 0 aliphatic heterocycles. The zero-order chi connectivity index (χ0) is 10.1.